The second-order valence-electron chi connectivity index (χ2n) is 5.62. The van der Waals surface area contributed by atoms with Crippen molar-refractivity contribution in [2.45, 2.75) is 4.90 Å². The zero-order chi connectivity index (χ0) is 19.4. The monoisotopic (exact) mass is 383 g/mol. The van der Waals surface area contributed by atoms with E-state index in [1.165, 1.54) is 19.2 Å². The van der Waals surface area contributed by atoms with Crippen molar-refractivity contribution in [2.24, 2.45) is 0 Å². The number of rotatable bonds is 3. The van der Waals surface area contributed by atoms with E-state index in [9.17, 15) is 19.1 Å². The van der Waals surface area contributed by atoms with Gasteiger partial charge in [-0.3, -0.25) is 14.9 Å². The van der Waals surface area contributed by atoms with Crippen LogP contribution in [0.4, 0.5) is 5.69 Å². The number of anilines is 1. The minimum absolute atomic E-state index is 0.160. The number of amides is 1. The zero-order valence-electron chi connectivity index (χ0n) is 14.4. The fraction of sp³-hybridized carbons (Fsp3) is 0.0526. The molecule has 0 radical (unpaired) electrons. The van der Waals surface area contributed by atoms with Gasteiger partial charge in [-0.2, -0.15) is 0 Å². The van der Waals surface area contributed by atoms with Gasteiger partial charge >= 0.3 is 10.9 Å². The Balaban J connectivity index is 2.14. The van der Waals surface area contributed by atoms with E-state index in [4.69, 9.17) is 0 Å². The summed E-state index contributed by atoms with van der Waals surface area (Å²) < 4.78 is 15.8. The summed E-state index contributed by atoms with van der Waals surface area (Å²) in [6.07, 6.45) is 0. The molecule has 0 saturated carbocycles. The van der Waals surface area contributed by atoms with Crippen LogP contribution in [-0.2, 0) is 14.5 Å². The third-order valence-electron chi connectivity index (χ3n) is 4.03. The molecule has 0 heterocycles. The van der Waals surface area contributed by atoms with E-state index in [0.717, 1.165) is 10.8 Å². The average molecular weight is 383 g/mol. The van der Waals surface area contributed by atoms with Gasteiger partial charge in [0.25, 0.3) is 0 Å². The van der Waals surface area contributed by atoms with Gasteiger partial charge < -0.3 is 5.32 Å². The zero-order valence-corrected chi connectivity index (χ0v) is 15.2. The molecule has 0 aromatic heterocycles. The fourth-order valence-corrected chi connectivity index (χ4v) is 4.48. The second kappa shape index (κ2) is 7.56. The normalized spacial score (nSPS) is 12.9. The first-order valence-electron chi connectivity index (χ1n) is 8.05. The molecule has 7 nitrogen and oxygen atoms in total. The Hall–Kier alpha value is -3.23. The Bertz CT molecular complexity index is 1130. The number of benzene rings is 3. The molecule has 27 heavy (non-hydrogen) atoms. The highest BCUT2D eigenvalue weighted by molar-refractivity contribution is 8.01. The predicted octanol–water partition coefficient (Wildman–Crippen LogP) is 2.66. The predicted molar refractivity (Wildman–Crippen MR) is 106 cm³/mol. The van der Waals surface area contributed by atoms with Crippen LogP contribution in [0.5, 0.6) is 0 Å². The highest BCUT2D eigenvalue weighted by Gasteiger charge is 2.34. The maximum absolute atomic E-state index is 13.3. The van der Waals surface area contributed by atoms with Gasteiger partial charge in [-0.1, -0.05) is 54.6 Å². The Kier molecular flexibility index (Phi) is 5.20. The van der Waals surface area contributed by atoms with Gasteiger partial charge in [-0.15, -0.1) is 0 Å². The number of carbonyl (C=O) groups is 1. The molecule has 0 bridgehead atoms. The topological polar surface area (TPSA) is 101 Å². The molecule has 3 aromatic rings. The molecular weight excluding hydrogens is 366 g/mol. The number of hydrogen-bond donors (Lipinski definition) is 2. The van der Waals surface area contributed by atoms with Crippen LogP contribution in [0.1, 0.15) is 0 Å². The summed E-state index contributed by atoms with van der Waals surface area (Å²) in [5.41, 5.74) is 0.406. The van der Waals surface area contributed by atoms with Crippen molar-refractivity contribution < 1.29 is 13.9 Å². The summed E-state index contributed by atoms with van der Waals surface area (Å²) in [5.74, 6) is -1.03. The SMILES string of the molecule is CNS(=O)(=C(C(=O)Nc1cccc2ccccc12)[N+](=O)[O-])c1ccccc1. The molecule has 3 rings (SSSR count). The van der Waals surface area contributed by atoms with Crippen molar-refractivity contribution in [1.82, 2.24) is 4.72 Å². The maximum Gasteiger partial charge on any atom is 0.403 e. The van der Waals surface area contributed by atoms with Crippen molar-refractivity contribution >= 4 is 37.1 Å². The van der Waals surface area contributed by atoms with Crippen molar-refractivity contribution in [1.29, 1.82) is 0 Å². The van der Waals surface area contributed by atoms with Gasteiger partial charge in [0.2, 0.25) is 0 Å². The first-order chi connectivity index (χ1) is 13.0. The van der Waals surface area contributed by atoms with E-state index in [1.54, 1.807) is 42.5 Å². The van der Waals surface area contributed by atoms with Crippen LogP contribution in [0.25, 0.3) is 10.8 Å². The summed E-state index contributed by atoms with van der Waals surface area (Å²) >= 11 is 0. The van der Waals surface area contributed by atoms with Gasteiger partial charge in [-0.05, 0) is 30.6 Å². The molecule has 0 fully saturated rings. The summed E-state index contributed by atoms with van der Waals surface area (Å²) in [7, 11) is -2.24. The van der Waals surface area contributed by atoms with Crippen LogP contribution in [0.2, 0.25) is 0 Å². The van der Waals surface area contributed by atoms with Gasteiger partial charge in [0.15, 0.2) is 0 Å². The number of nitrogens with one attached hydrogen (secondary N) is 2. The highest BCUT2D eigenvalue weighted by Crippen LogP contribution is 2.23. The number of nitro groups is 1. The molecule has 0 aliphatic carbocycles. The van der Waals surface area contributed by atoms with E-state index >= 15 is 0 Å². The third-order valence-corrected chi connectivity index (χ3v) is 6.42. The molecular formula is C19H17N3O4S. The second-order valence-corrected chi connectivity index (χ2v) is 8.00. The van der Waals surface area contributed by atoms with E-state index in [-0.39, 0.29) is 4.90 Å². The first kappa shape index (κ1) is 18.6. The van der Waals surface area contributed by atoms with E-state index in [0.29, 0.717) is 5.69 Å². The van der Waals surface area contributed by atoms with Gasteiger partial charge in [-0.25, -0.2) is 8.93 Å². The molecule has 2 N–H and O–H groups in total. The Morgan fingerprint density at radius 2 is 1.59 bits per heavy atom. The molecule has 1 amide bonds. The van der Waals surface area contributed by atoms with Gasteiger partial charge in [0.05, 0.1) is 9.82 Å². The Morgan fingerprint density at radius 1 is 0.963 bits per heavy atom. The molecule has 138 valence electrons. The molecule has 1 atom stereocenters. The molecule has 0 aliphatic heterocycles. The lowest BCUT2D eigenvalue weighted by molar-refractivity contribution is -0.344. The average Bonchev–Trinajstić information content (AvgIpc) is 2.68. The summed E-state index contributed by atoms with van der Waals surface area (Å²) in [5, 5.41) is 15.8. The summed E-state index contributed by atoms with van der Waals surface area (Å²) in [6.45, 7) is 0. The van der Waals surface area contributed by atoms with Crippen molar-refractivity contribution in [2.75, 3.05) is 12.4 Å². The largest absolute Gasteiger partial charge is 0.403 e. The number of carbonyl (C=O) groups excluding carboxylic acids is 1. The Labute approximate surface area is 156 Å². The van der Waals surface area contributed by atoms with Crippen LogP contribution in [0, 0.1) is 10.1 Å². The summed E-state index contributed by atoms with van der Waals surface area (Å²) in [6, 6.07) is 20.4. The number of hydrogen-bond acceptors (Lipinski definition) is 4. The minimum atomic E-state index is -3.56. The standard InChI is InChI=1S/C19H17N3O4S/c1-20-27(26,15-10-3-2-4-11-15)19(22(24)25)18(23)21-17-13-7-9-14-8-5-6-12-16(14)17/h2-13H,1H3,(H,20,26)(H,21,23). The van der Waals surface area contributed by atoms with E-state index in [2.05, 4.69) is 10.0 Å². The number of nitrogens with zero attached hydrogens (tertiary/aromatic N) is 1. The summed E-state index contributed by atoms with van der Waals surface area (Å²) in [4.78, 5) is 22.8. The quantitative estimate of drug-likeness (QED) is 0.412. The molecule has 0 spiro atoms. The van der Waals surface area contributed by atoms with Crippen molar-refractivity contribution in [3.8, 4) is 0 Å². The van der Waals surface area contributed by atoms with Crippen LogP contribution >= 0.6 is 0 Å². The van der Waals surface area contributed by atoms with Crippen molar-refractivity contribution in [3.63, 3.8) is 0 Å². The Morgan fingerprint density at radius 3 is 2.26 bits per heavy atom. The third kappa shape index (κ3) is 3.53. The number of fused-ring (bicyclic) bond motifs is 1. The molecule has 3 aromatic carbocycles. The molecule has 0 aliphatic rings. The van der Waals surface area contributed by atoms with Gasteiger partial charge in [0, 0.05) is 11.1 Å². The minimum Gasteiger partial charge on any atom is -0.315 e. The van der Waals surface area contributed by atoms with E-state index in [1.807, 2.05) is 18.2 Å². The van der Waals surface area contributed by atoms with Crippen LogP contribution in [0.15, 0.2) is 77.7 Å². The lowest BCUT2D eigenvalue weighted by Crippen LogP contribution is -2.40. The highest BCUT2D eigenvalue weighted by atomic mass is 32.2. The van der Waals surface area contributed by atoms with Crippen LogP contribution < -0.4 is 10.0 Å². The lowest BCUT2D eigenvalue weighted by atomic mass is 10.1. The first-order valence-corrected chi connectivity index (χ1v) is 9.61. The lowest BCUT2D eigenvalue weighted by Gasteiger charge is -2.12. The van der Waals surface area contributed by atoms with Crippen LogP contribution in [0.3, 0.4) is 0 Å². The molecule has 8 heteroatoms. The molecule has 1 unspecified atom stereocenters. The fourth-order valence-electron chi connectivity index (χ4n) is 2.77. The van der Waals surface area contributed by atoms with Crippen molar-refractivity contribution in [3.05, 3.63) is 82.9 Å². The van der Waals surface area contributed by atoms with Crippen LogP contribution in [-0.4, -0.2) is 27.1 Å². The maximum atomic E-state index is 13.3. The molecule has 0 saturated heterocycles. The van der Waals surface area contributed by atoms with E-state index < -0.39 is 25.5 Å². The smallest absolute Gasteiger partial charge is 0.315 e. The van der Waals surface area contributed by atoms with Gasteiger partial charge in [0.1, 0.15) is 9.71 Å².